The average molecular weight is 462 g/mol. The highest BCUT2D eigenvalue weighted by molar-refractivity contribution is 5.94. The molecule has 0 fully saturated rings. The Bertz CT molecular complexity index is 1090. The van der Waals surface area contributed by atoms with E-state index in [1.165, 1.54) is 17.2 Å². The molecule has 3 N–H and O–H groups in total. The lowest BCUT2D eigenvalue weighted by Crippen LogP contribution is -2.35. The van der Waals surface area contributed by atoms with E-state index in [9.17, 15) is 14.7 Å². The number of carbonyl (C=O) groups is 2. The molecule has 2 atom stereocenters. The fourth-order valence-electron chi connectivity index (χ4n) is 3.83. The Morgan fingerprint density at radius 1 is 1.00 bits per heavy atom. The number of carboxylic acids is 1. The van der Waals surface area contributed by atoms with Crippen LogP contribution in [0.5, 0.6) is 0 Å². The predicted molar refractivity (Wildman–Crippen MR) is 131 cm³/mol. The third-order valence-electron chi connectivity index (χ3n) is 5.79. The molecule has 0 unspecified atom stereocenters. The minimum Gasteiger partial charge on any atom is -0.478 e. The van der Waals surface area contributed by atoms with Crippen LogP contribution in [0.4, 0.5) is 0 Å². The number of nitrogens with one attached hydrogen (secondary N) is 1. The van der Waals surface area contributed by atoms with E-state index in [1.807, 2.05) is 42.5 Å². The van der Waals surface area contributed by atoms with Crippen LogP contribution in [0.15, 0.2) is 73.1 Å². The molecule has 0 aliphatic carbocycles. The van der Waals surface area contributed by atoms with Gasteiger partial charge in [-0.25, -0.2) is 4.79 Å². The number of aromatic carboxylic acids is 1. The van der Waals surface area contributed by atoms with E-state index in [2.05, 4.69) is 17.2 Å². The quantitative estimate of drug-likeness (QED) is 0.402. The van der Waals surface area contributed by atoms with Gasteiger partial charge in [0.2, 0.25) is 0 Å². The Morgan fingerprint density at radius 2 is 1.71 bits per heavy atom. The molecule has 0 aliphatic rings. The molecule has 1 aromatic heterocycles. The molecule has 2 aromatic carbocycles. The summed E-state index contributed by atoms with van der Waals surface area (Å²) in [6.45, 7) is 3.03. The lowest BCUT2D eigenvalue weighted by molar-refractivity contribution is 0.0696. The first-order chi connectivity index (χ1) is 16.4. The molecule has 7 nitrogen and oxygen atoms in total. The molecule has 0 bridgehead atoms. The van der Waals surface area contributed by atoms with Crippen LogP contribution < -0.4 is 5.32 Å². The summed E-state index contributed by atoms with van der Waals surface area (Å²) in [6, 6.07) is 18.6. The lowest BCUT2D eigenvalue weighted by atomic mass is 10.00. The summed E-state index contributed by atoms with van der Waals surface area (Å²) in [5.74, 6) is -1.20. The second-order valence-electron chi connectivity index (χ2n) is 8.32. The van der Waals surface area contributed by atoms with Crippen molar-refractivity contribution in [2.24, 2.45) is 0 Å². The van der Waals surface area contributed by atoms with E-state index in [0.717, 1.165) is 24.0 Å². The van der Waals surface area contributed by atoms with Crippen molar-refractivity contribution < 1.29 is 19.8 Å². The Hall–Kier alpha value is -3.55. The van der Waals surface area contributed by atoms with Crippen molar-refractivity contribution in [3.63, 3.8) is 0 Å². The Labute approximate surface area is 200 Å². The van der Waals surface area contributed by atoms with Crippen LogP contribution in [0, 0.1) is 0 Å². The number of carboxylic acid groups (broad SMARTS) is 1. The van der Waals surface area contributed by atoms with Gasteiger partial charge in [0, 0.05) is 37.6 Å². The lowest BCUT2D eigenvalue weighted by Gasteiger charge is -2.23. The van der Waals surface area contributed by atoms with Crippen LogP contribution in [-0.2, 0) is 13.0 Å². The number of amides is 1. The second-order valence-corrected chi connectivity index (χ2v) is 8.32. The number of hydrogen-bond acceptors (Lipinski definition) is 5. The van der Waals surface area contributed by atoms with E-state index in [-0.39, 0.29) is 24.1 Å². The van der Waals surface area contributed by atoms with Gasteiger partial charge in [-0.2, -0.15) is 0 Å². The van der Waals surface area contributed by atoms with E-state index in [4.69, 9.17) is 5.11 Å². The van der Waals surface area contributed by atoms with E-state index < -0.39 is 12.1 Å². The van der Waals surface area contributed by atoms with Crippen LogP contribution in [0.3, 0.4) is 0 Å². The largest absolute Gasteiger partial charge is 0.478 e. The zero-order chi connectivity index (χ0) is 24.5. The van der Waals surface area contributed by atoms with Gasteiger partial charge in [-0.05, 0) is 54.3 Å². The molecule has 1 heterocycles. The van der Waals surface area contributed by atoms with E-state index in [0.29, 0.717) is 17.7 Å². The van der Waals surface area contributed by atoms with Crippen molar-refractivity contribution in [3.8, 4) is 0 Å². The van der Waals surface area contributed by atoms with Gasteiger partial charge in [0.05, 0.1) is 11.7 Å². The number of aromatic nitrogens is 1. The van der Waals surface area contributed by atoms with Crippen molar-refractivity contribution >= 4 is 11.9 Å². The molecule has 0 radical (unpaired) electrons. The Kier molecular flexibility index (Phi) is 8.90. The molecule has 7 heteroatoms. The summed E-state index contributed by atoms with van der Waals surface area (Å²) >= 11 is 0. The van der Waals surface area contributed by atoms with Crippen LogP contribution in [0.25, 0.3) is 0 Å². The van der Waals surface area contributed by atoms with Crippen molar-refractivity contribution in [1.29, 1.82) is 0 Å². The molecule has 3 rings (SSSR count). The minimum atomic E-state index is -1.05. The maximum atomic E-state index is 12.8. The van der Waals surface area contributed by atoms with Gasteiger partial charge < -0.3 is 20.4 Å². The molecule has 0 aliphatic heterocycles. The number of aliphatic hydroxyl groups is 1. The number of pyridine rings is 1. The van der Waals surface area contributed by atoms with Crippen LogP contribution >= 0.6 is 0 Å². The summed E-state index contributed by atoms with van der Waals surface area (Å²) in [5, 5.41) is 23.2. The summed E-state index contributed by atoms with van der Waals surface area (Å²) in [7, 11) is 1.68. The number of carbonyl (C=O) groups excluding carboxylic acids is 1. The molecule has 34 heavy (non-hydrogen) atoms. The molecule has 178 valence electrons. The van der Waals surface area contributed by atoms with Gasteiger partial charge in [-0.15, -0.1) is 0 Å². The topological polar surface area (TPSA) is 103 Å². The fourth-order valence-corrected chi connectivity index (χ4v) is 3.83. The molecule has 3 aromatic rings. The third-order valence-corrected chi connectivity index (χ3v) is 5.79. The Morgan fingerprint density at radius 3 is 2.35 bits per heavy atom. The maximum absolute atomic E-state index is 12.8. The van der Waals surface area contributed by atoms with Gasteiger partial charge in [-0.1, -0.05) is 49.4 Å². The first-order valence-corrected chi connectivity index (χ1v) is 11.4. The highest BCUT2D eigenvalue weighted by atomic mass is 16.4. The van der Waals surface area contributed by atoms with Crippen molar-refractivity contribution in [3.05, 3.63) is 101 Å². The van der Waals surface area contributed by atoms with Crippen molar-refractivity contribution in [2.45, 2.75) is 38.5 Å². The third kappa shape index (κ3) is 6.73. The van der Waals surface area contributed by atoms with Crippen molar-refractivity contribution in [2.75, 3.05) is 13.6 Å². The maximum Gasteiger partial charge on any atom is 0.337 e. The SMILES string of the molecule is CC[C@@H](NCCc1ccc(C(=O)N(C)Cc2cncc(C(=O)O)c2)cc1)[C@H](O)c1ccccc1. The molecular weight excluding hydrogens is 430 g/mol. The van der Waals surface area contributed by atoms with Gasteiger partial charge in [0.15, 0.2) is 0 Å². The number of nitrogens with zero attached hydrogens (tertiary/aromatic N) is 2. The molecule has 0 spiro atoms. The number of rotatable bonds is 11. The zero-order valence-corrected chi connectivity index (χ0v) is 19.5. The average Bonchev–Trinajstić information content (AvgIpc) is 2.87. The first kappa shape index (κ1) is 25.1. The van der Waals surface area contributed by atoms with Gasteiger partial charge in [-0.3, -0.25) is 9.78 Å². The predicted octanol–water partition coefficient (Wildman–Crippen LogP) is 3.70. The van der Waals surface area contributed by atoms with Gasteiger partial charge >= 0.3 is 5.97 Å². The molecule has 1 amide bonds. The fraction of sp³-hybridized carbons (Fsp3) is 0.296. The summed E-state index contributed by atoms with van der Waals surface area (Å²) in [4.78, 5) is 29.4. The summed E-state index contributed by atoms with van der Waals surface area (Å²) < 4.78 is 0. The number of hydrogen-bond donors (Lipinski definition) is 3. The first-order valence-electron chi connectivity index (χ1n) is 11.4. The normalized spacial score (nSPS) is 12.7. The highest BCUT2D eigenvalue weighted by Crippen LogP contribution is 2.18. The zero-order valence-electron chi connectivity index (χ0n) is 19.5. The number of aliphatic hydroxyl groups excluding tert-OH is 1. The number of benzene rings is 2. The van der Waals surface area contributed by atoms with E-state index >= 15 is 0 Å². The van der Waals surface area contributed by atoms with Gasteiger partial charge in [0.25, 0.3) is 5.91 Å². The summed E-state index contributed by atoms with van der Waals surface area (Å²) in [6.07, 6.45) is 3.86. The van der Waals surface area contributed by atoms with Gasteiger partial charge in [0.1, 0.15) is 0 Å². The van der Waals surface area contributed by atoms with Crippen LogP contribution in [-0.4, -0.2) is 51.6 Å². The minimum absolute atomic E-state index is 0.0361. The highest BCUT2D eigenvalue weighted by Gasteiger charge is 2.18. The molecular formula is C27H31N3O4. The monoisotopic (exact) mass is 461 g/mol. The molecule has 0 saturated heterocycles. The van der Waals surface area contributed by atoms with Crippen LogP contribution in [0.1, 0.15) is 56.9 Å². The second kappa shape index (κ2) is 12.1. The Balaban J connectivity index is 1.52. The smallest absolute Gasteiger partial charge is 0.337 e. The van der Waals surface area contributed by atoms with E-state index in [1.54, 1.807) is 25.4 Å². The van der Waals surface area contributed by atoms with Crippen molar-refractivity contribution in [1.82, 2.24) is 15.2 Å². The summed E-state index contributed by atoms with van der Waals surface area (Å²) in [5.41, 5.74) is 3.31. The van der Waals surface area contributed by atoms with Crippen LogP contribution in [0.2, 0.25) is 0 Å². The standard InChI is InChI=1S/C27H31N3O4/c1-3-24(25(31)21-7-5-4-6-8-21)29-14-13-19-9-11-22(12-10-19)26(32)30(2)18-20-15-23(27(33)34)17-28-16-20/h4-12,15-17,24-25,29,31H,3,13-14,18H2,1-2H3,(H,33,34)/t24-,25-/m1/s1. The molecule has 0 saturated carbocycles.